The molecule has 8 heteroatoms. The third-order valence-corrected chi connectivity index (χ3v) is 7.15. The van der Waals surface area contributed by atoms with Gasteiger partial charge in [-0.1, -0.05) is 12.8 Å². The SMILES string of the molecule is CN=C(NCC1(C(=O)N(C)C)CCCC1)N1CCN(C(C)C(=O)N2CCCC2)CC1. The molecule has 3 rings (SSSR count). The first-order valence-corrected chi connectivity index (χ1v) is 11.6. The van der Waals surface area contributed by atoms with E-state index in [1.54, 1.807) is 4.90 Å². The molecule has 1 unspecified atom stereocenters. The number of nitrogens with one attached hydrogen (secondary N) is 1. The van der Waals surface area contributed by atoms with E-state index < -0.39 is 0 Å². The molecule has 1 aliphatic carbocycles. The van der Waals surface area contributed by atoms with Crippen molar-refractivity contribution in [1.29, 1.82) is 0 Å². The van der Waals surface area contributed by atoms with Crippen LogP contribution >= 0.6 is 0 Å². The predicted molar refractivity (Wildman–Crippen MR) is 119 cm³/mol. The van der Waals surface area contributed by atoms with Crippen molar-refractivity contribution >= 4 is 17.8 Å². The van der Waals surface area contributed by atoms with E-state index >= 15 is 0 Å². The van der Waals surface area contributed by atoms with Crippen LogP contribution in [0.15, 0.2) is 4.99 Å². The van der Waals surface area contributed by atoms with Crippen molar-refractivity contribution in [3.63, 3.8) is 0 Å². The Labute approximate surface area is 181 Å². The molecule has 0 radical (unpaired) electrons. The summed E-state index contributed by atoms with van der Waals surface area (Å²) < 4.78 is 0. The fourth-order valence-corrected chi connectivity index (χ4v) is 5.25. The first-order valence-electron chi connectivity index (χ1n) is 11.6. The van der Waals surface area contributed by atoms with Gasteiger partial charge in [-0.15, -0.1) is 0 Å². The van der Waals surface area contributed by atoms with Crippen molar-refractivity contribution in [2.75, 3.05) is 67.0 Å². The quantitative estimate of drug-likeness (QED) is 0.527. The van der Waals surface area contributed by atoms with Crippen molar-refractivity contribution in [2.24, 2.45) is 10.4 Å². The van der Waals surface area contributed by atoms with Crippen LogP contribution in [0.25, 0.3) is 0 Å². The molecule has 3 fully saturated rings. The Morgan fingerprint density at radius 2 is 1.57 bits per heavy atom. The third-order valence-electron chi connectivity index (χ3n) is 7.15. The summed E-state index contributed by atoms with van der Waals surface area (Å²) in [7, 11) is 5.51. The number of guanidine groups is 1. The first-order chi connectivity index (χ1) is 14.4. The summed E-state index contributed by atoms with van der Waals surface area (Å²) in [5, 5.41) is 3.50. The number of hydrogen-bond donors (Lipinski definition) is 1. The zero-order chi connectivity index (χ0) is 21.7. The number of hydrogen-bond acceptors (Lipinski definition) is 4. The molecule has 170 valence electrons. The van der Waals surface area contributed by atoms with E-state index in [-0.39, 0.29) is 23.3 Å². The van der Waals surface area contributed by atoms with Gasteiger partial charge in [0.1, 0.15) is 0 Å². The van der Waals surface area contributed by atoms with Crippen LogP contribution in [0.1, 0.15) is 45.4 Å². The zero-order valence-electron chi connectivity index (χ0n) is 19.3. The van der Waals surface area contributed by atoms with Gasteiger partial charge in [0.2, 0.25) is 11.8 Å². The Balaban J connectivity index is 1.52. The molecule has 0 aromatic rings. The van der Waals surface area contributed by atoms with E-state index in [0.29, 0.717) is 6.54 Å². The number of nitrogens with zero attached hydrogens (tertiary/aromatic N) is 5. The number of carbonyl (C=O) groups is 2. The molecule has 0 spiro atoms. The monoisotopic (exact) mass is 420 g/mol. The predicted octanol–water partition coefficient (Wildman–Crippen LogP) is 0.839. The molecule has 2 aliphatic heterocycles. The Hall–Kier alpha value is -1.83. The van der Waals surface area contributed by atoms with E-state index in [1.807, 2.05) is 33.0 Å². The lowest BCUT2D eigenvalue weighted by molar-refractivity contribution is -0.139. The van der Waals surface area contributed by atoms with Crippen molar-refractivity contribution in [3.05, 3.63) is 0 Å². The van der Waals surface area contributed by atoms with Gasteiger partial charge in [0, 0.05) is 67.0 Å². The second kappa shape index (κ2) is 9.98. The van der Waals surface area contributed by atoms with Crippen LogP contribution in [0.5, 0.6) is 0 Å². The Morgan fingerprint density at radius 1 is 0.967 bits per heavy atom. The molecule has 30 heavy (non-hydrogen) atoms. The number of likely N-dealkylation sites (tertiary alicyclic amines) is 1. The number of rotatable bonds is 5. The molecule has 0 aromatic carbocycles. The van der Waals surface area contributed by atoms with Crippen LogP contribution in [0.4, 0.5) is 0 Å². The molecule has 0 bridgehead atoms. The normalized spacial score (nSPS) is 23.5. The molecule has 2 heterocycles. The summed E-state index contributed by atoms with van der Waals surface area (Å²) in [6.45, 7) is 7.88. The lowest BCUT2D eigenvalue weighted by Gasteiger charge is -2.40. The van der Waals surface area contributed by atoms with Crippen molar-refractivity contribution in [3.8, 4) is 0 Å². The van der Waals surface area contributed by atoms with Gasteiger partial charge < -0.3 is 20.0 Å². The lowest BCUT2D eigenvalue weighted by atomic mass is 9.84. The maximum atomic E-state index is 12.8. The largest absolute Gasteiger partial charge is 0.355 e. The van der Waals surface area contributed by atoms with Gasteiger partial charge in [-0.2, -0.15) is 0 Å². The summed E-state index contributed by atoms with van der Waals surface area (Å²) in [5.41, 5.74) is -0.308. The van der Waals surface area contributed by atoms with E-state index in [0.717, 1.165) is 83.8 Å². The standard InChI is InChI=1S/C22H40N6O2/c1-18(19(29)27-11-7-8-12-27)26-13-15-28(16-14-26)21(23-2)24-17-22(9-5-6-10-22)20(30)25(3)4/h18H,5-17H2,1-4H3,(H,23,24). The van der Waals surface area contributed by atoms with Crippen LogP contribution in [0.2, 0.25) is 0 Å². The summed E-state index contributed by atoms with van der Waals surface area (Å²) in [5.74, 6) is 1.36. The molecule has 0 aromatic heterocycles. The molecule has 8 nitrogen and oxygen atoms in total. The van der Waals surface area contributed by atoms with E-state index in [2.05, 4.69) is 20.1 Å². The number of carbonyl (C=O) groups excluding carboxylic acids is 2. The average Bonchev–Trinajstić information content (AvgIpc) is 3.46. The Kier molecular flexibility index (Phi) is 7.60. The van der Waals surface area contributed by atoms with Gasteiger partial charge >= 0.3 is 0 Å². The fraction of sp³-hybridized carbons (Fsp3) is 0.864. The first kappa shape index (κ1) is 22.8. The van der Waals surface area contributed by atoms with Crippen LogP contribution in [0, 0.1) is 5.41 Å². The number of aliphatic imine (C=N–C) groups is 1. The molecular formula is C22H40N6O2. The van der Waals surface area contributed by atoms with Gasteiger partial charge in [-0.05, 0) is 32.6 Å². The van der Waals surface area contributed by atoms with Crippen LogP contribution in [-0.4, -0.2) is 110 Å². The van der Waals surface area contributed by atoms with Gasteiger partial charge in [0.05, 0.1) is 11.5 Å². The maximum absolute atomic E-state index is 12.8. The molecule has 1 saturated carbocycles. The van der Waals surface area contributed by atoms with E-state index in [9.17, 15) is 9.59 Å². The van der Waals surface area contributed by atoms with Crippen molar-refractivity contribution in [1.82, 2.24) is 24.9 Å². The van der Waals surface area contributed by atoms with E-state index in [4.69, 9.17) is 0 Å². The molecular weight excluding hydrogens is 380 g/mol. The summed E-state index contributed by atoms with van der Waals surface area (Å²) in [4.78, 5) is 38.3. The molecule has 1 N–H and O–H groups in total. The number of piperazine rings is 1. The van der Waals surface area contributed by atoms with Gasteiger partial charge in [-0.3, -0.25) is 19.5 Å². The van der Waals surface area contributed by atoms with Gasteiger partial charge in [0.15, 0.2) is 5.96 Å². The number of amides is 2. The van der Waals surface area contributed by atoms with Crippen LogP contribution < -0.4 is 5.32 Å². The highest BCUT2D eigenvalue weighted by molar-refractivity contribution is 5.85. The fourth-order valence-electron chi connectivity index (χ4n) is 5.25. The minimum absolute atomic E-state index is 0.0558. The van der Waals surface area contributed by atoms with Gasteiger partial charge in [0.25, 0.3) is 0 Å². The highest BCUT2D eigenvalue weighted by Crippen LogP contribution is 2.39. The molecule has 1 atom stereocenters. The van der Waals surface area contributed by atoms with Gasteiger partial charge in [-0.25, -0.2) is 0 Å². The van der Waals surface area contributed by atoms with Crippen LogP contribution in [0.3, 0.4) is 0 Å². The lowest BCUT2D eigenvalue weighted by Crippen LogP contribution is -2.58. The van der Waals surface area contributed by atoms with E-state index in [1.165, 1.54) is 0 Å². The van der Waals surface area contributed by atoms with Crippen molar-refractivity contribution < 1.29 is 9.59 Å². The Bertz CT molecular complexity index is 630. The van der Waals surface area contributed by atoms with Crippen LogP contribution in [-0.2, 0) is 9.59 Å². The topological polar surface area (TPSA) is 71.5 Å². The highest BCUT2D eigenvalue weighted by atomic mass is 16.2. The minimum atomic E-state index is -0.308. The summed E-state index contributed by atoms with van der Waals surface area (Å²) in [6, 6.07) is -0.0558. The average molecular weight is 421 g/mol. The Morgan fingerprint density at radius 3 is 2.10 bits per heavy atom. The minimum Gasteiger partial charge on any atom is -0.355 e. The smallest absolute Gasteiger partial charge is 0.239 e. The zero-order valence-corrected chi connectivity index (χ0v) is 19.3. The molecule has 2 amide bonds. The highest BCUT2D eigenvalue weighted by Gasteiger charge is 2.42. The van der Waals surface area contributed by atoms with Crippen molar-refractivity contribution in [2.45, 2.75) is 51.5 Å². The molecule has 2 saturated heterocycles. The second-order valence-electron chi connectivity index (χ2n) is 9.32. The summed E-state index contributed by atoms with van der Waals surface area (Å²) >= 11 is 0. The maximum Gasteiger partial charge on any atom is 0.239 e. The summed E-state index contributed by atoms with van der Waals surface area (Å²) in [6.07, 6.45) is 6.37. The third kappa shape index (κ3) is 4.90. The second-order valence-corrected chi connectivity index (χ2v) is 9.32. The molecule has 3 aliphatic rings.